The largest absolute Gasteiger partial charge is 0.345 e. The lowest BCUT2D eigenvalue weighted by Gasteiger charge is -2.22. The first-order valence-electron chi connectivity index (χ1n) is 10.1. The Morgan fingerprint density at radius 1 is 0.909 bits per heavy atom. The van der Waals surface area contributed by atoms with Gasteiger partial charge in [0, 0.05) is 36.9 Å². The predicted molar refractivity (Wildman–Crippen MR) is 129 cm³/mol. The summed E-state index contributed by atoms with van der Waals surface area (Å²) in [6.45, 7) is -0.399. The molecule has 0 unspecified atom stereocenters. The second-order valence-electron chi connectivity index (χ2n) is 7.54. The van der Waals surface area contributed by atoms with Crippen molar-refractivity contribution in [1.82, 2.24) is 9.21 Å². The molecule has 33 heavy (non-hydrogen) atoms. The highest BCUT2D eigenvalue weighted by atomic mass is 35.5. The average Bonchev–Trinajstić information content (AvgIpc) is 2.79. The molecule has 1 N–H and O–H groups in total. The van der Waals surface area contributed by atoms with Crippen LogP contribution in [0.4, 0.5) is 5.69 Å². The van der Waals surface area contributed by atoms with Crippen LogP contribution in [0.15, 0.2) is 83.8 Å². The fraction of sp³-hybridized carbons (Fsp3) is 0.167. The van der Waals surface area contributed by atoms with Gasteiger partial charge in [-0.05, 0) is 48.0 Å². The monoisotopic (exact) mass is 485 g/mol. The third-order valence-corrected chi connectivity index (χ3v) is 6.83. The molecule has 2 amide bonds. The molecule has 9 heteroatoms. The minimum atomic E-state index is -3.98. The van der Waals surface area contributed by atoms with E-state index >= 15 is 0 Å². The molecular formula is C24H24ClN3O4S. The standard InChI is InChI=1S/C24H24ClN3O4S/c1-27(2)24(30)19-9-6-10-21(15-19)26-23(29)17-28(16-18-7-4-3-5-8-18)33(31,32)22-13-11-20(25)12-14-22/h3-15H,16-17H2,1-2H3,(H,26,29). The van der Waals surface area contributed by atoms with E-state index in [1.54, 1.807) is 62.6 Å². The highest BCUT2D eigenvalue weighted by Gasteiger charge is 2.27. The zero-order valence-corrected chi connectivity index (χ0v) is 19.8. The zero-order valence-electron chi connectivity index (χ0n) is 18.2. The molecule has 0 aromatic heterocycles. The van der Waals surface area contributed by atoms with Gasteiger partial charge >= 0.3 is 0 Å². The summed E-state index contributed by atoms with van der Waals surface area (Å²) < 4.78 is 27.7. The predicted octanol–water partition coefficient (Wildman–Crippen LogP) is 3.87. The summed E-state index contributed by atoms with van der Waals surface area (Å²) in [5, 5.41) is 3.10. The molecule has 0 radical (unpaired) electrons. The van der Waals surface area contributed by atoms with E-state index in [4.69, 9.17) is 11.6 Å². The Labute approximate surface area is 198 Å². The maximum Gasteiger partial charge on any atom is 0.253 e. The van der Waals surface area contributed by atoms with Crippen molar-refractivity contribution >= 4 is 39.1 Å². The summed E-state index contributed by atoms with van der Waals surface area (Å²) >= 11 is 5.90. The van der Waals surface area contributed by atoms with Crippen molar-refractivity contribution in [3.8, 4) is 0 Å². The summed E-state index contributed by atoms with van der Waals surface area (Å²) in [6, 6.07) is 21.3. The van der Waals surface area contributed by atoms with Gasteiger partial charge in [-0.3, -0.25) is 9.59 Å². The van der Waals surface area contributed by atoms with Crippen molar-refractivity contribution in [3.05, 3.63) is 95.0 Å². The molecule has 0 heterocycles. The lowest BCUT2D eigenvalue weighted by molar-refractivity contribution is -0.116. The number of halogens is 1. The molecule has 3 aromatic rings. The van der Waals surface area contributed by atoms with Gasteiger partial charge in [0.1, 0.15) is 0 Å². The highest BCUT2D eigenvalue weighted by Crippen LogP contribution is 2.21. The van der Waals surface area contributed by atoms with E-state index in [1.165, 1.54) is 29.2 Å². The normalized spacial score (nSPS) is 11.3. The Hall–Kier alpha value is -3.20. The lowest BCUT2D eigenvalue weighted by Crippen LogP contribution is -2.37. The summed E-state index contributed by atoms with van der Waals surface area (Å²) in [5.41, 5.74) is 1.55. The number of nitrogens with zero attached hydrogens (tertiary/aromatic N) is 2. The fourth-order valence-electron chi connectivity index (χ4n) is 3.12. The average molecular weight is 486 g/mol. The van der Waals surface area contributed by atoms with Crippen molar-refractivity contribution < 1.29 is 18.0 Å². The number of amides is 2. The maximum atomic E-state index is 13.3. The smallest absolute Gasteiger partial charge is 0.253 e. The number of carbonyl (C=O) groups is 2. The quantitative estimate of drug-likeness (QED) is 0.524. The molecule has 0 aliphatic rings. The van der Waals surface area contributed by atoms with Gasteiger partial charge in [-0.25, -0.2) is 8.42 Å². The number of rotatable bonds is 8. The molecule has 0 saturated heterocycles. The molecule has 172 valence electrons. The molecule has 0 saturated carbocycles. The van der Waals surface area contributed by atoms with E-state index in [2.05, 4.69) is 5.32 Å². The summed E-state index contributed by atoms with van der Waals surface area (Å²) in [5.74, 6) is -0.736. The minimum Gasteiger partial charge on any atom is -0.345 e. The third-order valence-electron chi connectivity index (χ3n) is 4.77. The van der Waals surface area contributed by atoms with E-state index in [-0.39, 0.29) is 17.3 Å². The van der Waals surface area contributed by atoms with Crippen LogP contribution < -0.4 is 5.32 Å². The first-order chi connectivity index (χ1) is 15.7. The topological polar surface area (TPSA) is 86.8 Å². The van der Waals surface area contributed by atoms with E-state index < -0.39 is 22.5 Å². The van der Waals surface area contributed by atoms with E-state index in [0.717, 1.165) is 9.87 Å². The first-order valence-corrected chi connectivity index (χ1v) is 11.9. The summed E-state index contributed by atoms with van der Waals surface area (Å²) in [4.78, 5) is 26.5. The number of benzene rings is 3. The molecule has 0 atom stereocenters. The van der Waals surface area contributed by atoms with Crippen LogP contribution in [-0.4, -0.2) is 50.1 Å². The van der Waals surface area contributed by atoms with Crippen LogP contribution in [-0.2, 0) is 21.4 Å². The van der Waals surface area contributed by atoms with Crippen LogP contribution >= 0.6 is 11.6 Å². The molecule has 0 spiro atoms. The SMILES string of the molecule is CN(C)C(=O)c1cccc(NC(=O)CN(Cc2ccccc2)S(=O)(=O)c2ccc(Cl)cc2)c1. The highest BCUT2D eigenvalue weighted by molar-refractivity contribution is 7.89. The summed E-state index contributed by atoms with van der Waals surface area (Å²) in [7, 11) is -0.712. The van der Waals surface area contributed by atoms with Crippen LogP contribution in [0.25, 0.3) is 0 Å². The number of carbonyl (C=O) groups excluding carboxylic acids is 2. The minimum absolute atomic E-state index is 0.0123. The van der Waals surface area contributed by atoms with Crippen molar-refractivity contribution in [2.75, 3.05) is 26.0 Å². The summed E-state index contributed by atoms with van der Waals surface area (Å²) in [6.07, 6.45) is 0. The molecule has 0 fully saturated rings. The van der Waals surface area contributed by atoms with E-state index in [1.807, 2.05) is 6.07 Å². The first kappa shape index (κ1) is 24.4. The number of sulfonamides is 1. The van der Waals surface area contributed by atoms with Crippen LogP contribution in [0.5, 0.6) is 0 Å². The molecule has 0 aliphatic carbocycles. The zero-order chi connectivity index (χ0) is 24.0. The number of hydrogen-bond donors (Lipinski definition) is 1. The number of anilines is 1. The van der Waals surface area contributed by atoms with Crippen molar-refractivity contribution in [1.29, 1.82) is 0 Å². The Morgan fingerprint density at radius 2 is 1.58 bits per heavy atom. The van der Waals surface area contributed by atoms with E-state index in [9.17, 15) is 18.0 Å². The van der Waals surface area contributed by atoms with Gasteiger partial charge in [0.2, 0.25) is 15.9 Å². The van der Waals surface area contributed by atoms with Crippen LogP contribution in [0.2, 0.25) is 5.02 Å². The van der Waals surface area contributed by atoms with Crippen molar-refractivity contribution in [3.63, 3.8) is 0 Å². The van der Waals surface area contributed by atoms with Crippen molar-refractivity contribution in [2.45, 2.75) is 11.4 Å². The third kappa shape index (κ3) is 6.41. The number of nitrogens with one attached hydrogen (secondary N) is 1. The molecule has 3 rings (SSSR count). The van der Waals surface area contributed by atoms with Gasteiger partial charge in [0.15, 0.2) is 0 Å². The molecule has 0 bridgehead atoms. The lowest BCUT2D eigenvalue weighted by atomic mass is 10.2. The van der Waals surface area contributed by atoms with Gasteiger partial charge in [0.25, 0.3) is 5.91 Å². The molecule has 3 aromatic carbocycles. The second kappa shape index (κ2) is 10.6. The molecule has 0 aliphatic heterocycles. The Morgan fingerprint density at radius 3 is 2.21 bits per heavy atom. The number of hydrogen-bond acceptors (Lipinski definition) is 4. The molecular weight excluding hydrogens is 462 g/mol. The van der Waals surface area contributed by atoms with Crippen LogP contribution in [0, 0.1) is 0 Å². The van der Waals surface area contributed by atoms with Gasteiger partial charge in [0.05, 0.1) is 11.4 Å². The van der Waals surface area contributed by atoms with E-state index in [0.29, 0.717) is 16.3 Å². The van der Waals surface area contributed by atoms with Crippen molar-refractivity contribution in [2.24, 2.45) is 0 Å². The van der Waals surface area contributed by atoms with Gasteiger partial charge in [-0.2, -0.15) is 4.31 Å². The van der Waals surface area contributed by atoms with Crippen LogP contribution in [0.3, 0.4) is 0 Å². The second-order valence-corrected chi connectivity index (χ2v) is 9.92. The maximum absolute atomic E-state index is 13.3. The Balaban J connectivity index is 1.84. The van der Waals surface area contributed by atoms with Gasteiger partial charge in [-0.1, -0.05) is 48.0 Å². The Kier molecular flexibility index (Phi) is 7.86. The van der Waals surface area contributed by atoms with Gasteiger partial charge < -0.3 is 10.2 Å². The Bertz CT molecular complexity index is 1230. The van der Waals surface area contributed by atoms with Crippen LogP contribution in [0.1, 0.15) is 15.9 Å². The fourth-order valence-corrected chi connectivity index (χ4v) is 4.63. The van der Waals surface area contributed by atoms with Gasteiger partial charge in [-0.15, -0.1) is 0 Å². The molecule has 7 nitrogen and oxygen atoms in total.